The van der Waals surface area contributed by atoms with Gasteiger partial charge in [0.1, 0.15) is 0 Å². The summed E-state index contributed by atoms with van der Waals surface area (Å²) in [5.41, 5.74) is 1.17. The Morgan fingerprint density at radius 1 is 0.842 bits per heavy atom. The number of hydrogen-bond acceptors (Lipinski definition) is 2. The van der Waals surface area contributed by atoms with Crippen molar-refractivity contribution in [3.63, 3.8) is 0 Å². The molecule has 0 unspecified atom stereocenters. The van der Waals surface area contributed by atoms with Crippen LogP contribution in [-0.4, -0.2) is 23.5 Å². The molecule has 0 amide bonds. The van der Waals surface area contributed by atoms with Crippen LogP contribution in [-0.2, 0) is 8.85 Å². The topological polar surface area (TPSA) is 18.5 Å². The Kier molecular flexibility index (Phi) is 7.50. The van der Waals surface area contributed by atoms with Gasteiger partial charge >= 0.3 is 9.28 Å². The predicted molar refractivity (Wildman–Crippen MR) is 83.8 cm³/mol. The maximum Gasteiger partial charge on any atom is 0.355 e. The van der Waals surface area contributed by atoms with Crippen molar-refractivity contribution in [2.24, 2.45) is 0 Å². The molecule has 19 heavy (non-hydrogen) atoms. The molecule has 0 saturated heterocycles. The van der Waals surface area contributed by atoms with E-state index < -0.39 is 9.28 Å². The molecule has 2 aromatic rings. The minimum Gasteiger partial charge on any atom is -0.397 e. The van der Waals surface area contributed by atoms with Gasteiger partial charge in [0.05, 0.1) is 0 Å². The van der Waals surface area contributed by atoms with Crippen molar-refractivity contribution < 1.29 is 8.85 Å². The SMILES string of the molecule is C=Cc1ccccc1.CO[SiH](OC)c1ccccc1. The third-order valence-corrected chi connectivity index (χ3v) is 4.32. The van der Waals surface area contributed by atoms with Gasteiger partial charge in [0.2, 0.25) is 0 Å². The number of rotatable bonds is 4. The van der Waals surface area contributed by atoms with E-state index in [0.717, 1.165) is 0 Å². The Hall–Kier alpha value is -1.68. The van der Waals surface area contributed by atoms with E-state index in [2.05, 4.69) is 6.58 Å². The second-order valence-electron chi connectivity index (χ2n) is 3.83. The molecule has 0 radical (unpaired) electrons. The zero-order valence-corrected chi connectivity index (χ0v) is 12.6. The van der Waals surface area contributed by atoms with E-state index in [0.29, 0.717) is 0 Å². The van der Waals surface area contributed by atoms with E-state index in [1.807, 2.05) is 66.7 Å². The van der Waals surface area contributed by atoms with E-state index >= 15 is 0 Å². The van der Waals surface area contributed by atoms with Crippen LogP contribution in [0, 0.1) is 0 Å². The van der Waals surface area contributed by atoms with Gasteiger partial charge in [-0.15, -0.1) is 0 Å². The Bertz CT molecular complexity index is 453. The minimum atomic E-state index is -1.55. The van der Waals surface area contributed by atoms with Gasteiger partial charge in [-0.3, -0.25) is 0 Å². The molecule has 0 fully saturated rings. The summed E-state index contributed by atoms with van der Waals surface area (Å²) in [6, 6.07) is 20.1. The number of hydrogen-bond donors (Lipinski definition) is 0. The van der Waals surface area contributed by atoms with Crippen LogP contribution in [0.3, 0.4) is 0 Å². The molecule has 0 heterocycles. The van der Waals surface area contributed by atoms with E-state index in [9.17, 15) is 0 Å². The average molecular weight is 272 g/mol. The predicted octanol–water partition coefficient (Wildman–Crippen LogP) is 2.74. The maximum absolute atomic E-state index is 5.20. The zero-order chi connectivity index (χ0) is 13.9. The third-order valence-electron chi connectivity index (χ3n) is 2.54. The number of benzene rings is 2. The van der Waals surface area contributed by atoms with Gasteiger partial charge in [-0.1, -0.05) is 73.3 Å². The largest absolute Gasteiger partial charge is 0.397 e. The normalized spacial score (nSPS) is 9.63. The van der Waals surface area contributed by atoms with Crippen LogP contribution in [0.2, 0.25) is 0 Å². The molecule has 0 bridgehead atoms. The molecule has 0 aliphatic carbocycles. The summed E-state index contributed by atoms with van der Waals surface area (Å²) in [7, 11) is 1.83. The third kappa shape index (κ3) is 5.66. The van der Waals surface area contributed by atoms with Crippen LogP contribution in [0.15, 0.2) is 67.2 Å². The summed E-state index contributed by atoms with van der Waals surface area (Å²) < 4.78 is 10.4. The lowest BCUT2D eigenvalue weighted by molar-refractivity contribution is 0.292. The van der Waals surface area contributed by atoms with Gasteiger partial charge in [-0.25, -0.2) is 0 Å². The molecular formula is C16H20O2Si. The van der Waals surface area contributed by atoms with Crippen LogP contribution in [0.5, 0.6) is 0 Å². The molecule has 0 aliphatic heterocycles. The van der Waals surface area contributed by atoms with Crippen molar-refractivity contribution in [2.45, 2.75) is 0 Å². The Morgan fingerprint density at radius 2 is 1.32 bits per heavy atom. The Labute approximate surface area is 117 Å². The molecule has 2 nitrogen and oxygen atoms in total. The van der Waals surface area contributed by atoms with Gasteiger partial charge in [-0.05, 0) is 10.8 Å². The molecule has 0 aliphatic rings. The highest BCUT2D eigenvalue weighted by atomic mass is 28.3. The zero-order valence-electron chi connectivity index (χ0n) is 11.5. The van der Waals surface area contributed by atoms with E-state index in [1.54, 1.807) is 14.2 Å². The molecular weight excluding hydrogens is 252 g/mol. The molecule has 3 heteroatoms. The molecule has 0 spiro atoms. The first-order valence-electron chi connectivity index (χ1n) is 6.09. The fraction of sp³-hybridized carbons (Fsp3) is 0.125. The quantitative estimate of drug-likeness (QED) is 0.797. The smallest absolute Gasteiger partial charge is 0.355 e. The summed E-state index contributed by atoms with van der Waals surface area (Å²) >= 11 is 0. The molecule has 0 N–H and O–H groups in total. The Morgan fingerprint density at radius 3 is 1.68 bits per heavy atom. The van der Waals surface area contributed by atoms with Crippen LogP contribution in [0.25, 0.3) is 6.08 Å². The van der Waals surface area contributed by atoms with Crippen LogP contribution in [0.4, 0.5) is 0 Å². The molecule has 100 valence electrons. The van der Waals surface area contributed by atoms with Crippen molar-refractivity contribution >= 4 is 20.5 Å². The summed E-state index contributed by atoms with van der Waals surface area (Å²) in [4.78, 5) is 0. The fourth-order valence-corrected chi connectivity index (χ4v) is 2.84. The average Bonchev–Trinajstić information content (AvgIpc) is 2.51. The second kappa shape index (κ2) is 9.27. The van der Waals surface area contributed by atoms with Crippen molar-refractivity contribution in [3.8, 4) is 0 Å². The molecule has 0 atom stereocenters. The highest BCUT2D eigenvalue weighted by molar-refractivity contribution is 6.61. The molecule has 0 saturated carbocycles. The molecule has 0 aromatic heterocycles. The monoisotopic (exact) mass is 272 g/mol. The van der Waals surface area contributed by atoms with Crippen molar-refractivity contribution in [2.75, 3.05) is 14.2 Å². The summed E-state index contributed by atoms with van der Waals surface area (Å²) in [5, 5.41) is 1.18. The summed E-state index contributed by atoms with van der Waals surface area (Å²) in [5.74, 6) is 0. The van der Waals surface area contributed by atoms with Gasteiger partial charge in [0, 0.05) is 14.2 Å². The summed E-state index contributed by atoms with van der Waals surface area (Å²) in [6.45, 7) is 3.63. The van der Waals surface area contributed by atoms with Gasteiger partial charge in [-0.2, -0.15) is 0 Å². The van der Waals surface area contributed by atoms with Gasteiger partial charge < -0.3 is 8.85 Å². The van der Waals surface area contributed by atoms with Crippen LogP contribution in [0.1, 0.15) is 5.56 Å². The first-order chi connectivity index (χ1) is 9.31. The lowest BCUT2D eigenvalue weighted by atomic mass is 10.2. The van der Waals surface area contributed by atoms with Crippen LogP contribution >= 0.6 is 0 Å². The first-order valence-corrected chi connectivity index (χ1v) is 7.62. The highest BCUT2D eigenvalue weighted by Gasteiger charge is 2.10. The highest BCUT2D eigenvalue weighted by Crippen LogP contribution is 1.97. The molecule has 2 aromatic carbocycles. The Balaban J connectivity index is 0.000000200. The maximum atomic E-state index is 5.20. The van der Waals surface area contributed by atoms with Crippen molar-refractivity contribution in [1.29, 1.82) is 0 Å². The van der Waals surface area contributed by atoms with E-state index in [1.165, 1.54) is 10.8 Å². The van der Waals surface area contributed by atoms with Gasteiger partial charge in [0.15, 0.2) is 0 Å². The van der Waals surface area contributed by atoms with E-state index in [-0.39, 0.29) is 0 Å². The van der Waals surface area contributed by atoms with Crippen molar-refractivity contribution in [1.82, 2.24) is 0 Å². The lowest BCUT2D eigenvalue weighted by Crippen LogP contribution is -2.34. The van der Waals surface area contributed by atoms with Crippen LogP contribution < -0.4 is 5.19 Å². The van der Waals surface area contributed by atoms with Crippen molar-refractivity contribution in [3.05, 3.63) is 72.8 Å². The van der Waals surface area contributed by atoms with E-state index in [4.69, 9.17) is 8.85 Å². The summed E-state index contributed by atoms with van der Waals surface area (Å²) in [6.07, 6.45) is 1.83. The second-order valence-corrected chi connectivity index (χ2v) is 6.10. The molecule has 2 rings (SSSR count). The first kappa shape index (κ1) is 15.4. The minimum absolute atomic E-state index is 1.17. The fourth-order valence-electron chi connectivity index (χ4n) is 1.57. The lowest BCUT2D eigenvalue weighted by Gasteiger charge is -2.09. The standard InChI is InChI=1S/C8H12O2Si.C8H8/c1-9-11(10-2)8-6-4-3-5-7-8;1-2-8-6-4-3-5-7-8/h3-7,11H,1-2H3;2-7H,1H2. The van der Waals surface area contributed by atoms with Gasteiger partial charge in [0.25, 0.3) is 0 Å².